The highest BCUT2D eigenvalue weighted by atomic mass is 35.5. The van der Waals surface area contributed by atoms with Gasteiger partial charge in [0, 0.05) is 58.6 Å². The van der Waals surface area contributed by atoms with Crippen molar-refractivity contribution >= 4 is 60.5 Å². The number of halogens is 4. The summed E-state index contributed by atoms with van der Waals surface area (Å²) in [6, 6.07) is 33.7. The van der Waals surface area contributed by atoms with Crippen molar-refractivity contribution in [2.24, 2.45) is 5.92 Å². The average Bonchev–Trinajstić information content (AvgIpc) is 3.72. The lowest BCUT2D eigenvalue weighted by Gasteiger charge is -2.34. The zero-order valence-electron chi connectivity index (χ0n) is 34.9. The second-order valence-electron chi connectivity index (χ2n) is 16.1. The minimum Gasteiger partial charge on any atom is -0.395 e. The number of sulfone groups is 1. The molecule has 2 saturated heterocycles. The van der Waals surface area contributed by atoms with E-state index in [2.05, 4.69) is 27.2 Å². The topological polar surface area (TPSA) is 136 Å². The van der Waals surface area contributed by atoms with E-state index < -0.39 is 52.8 Å². The van der Waals surface area contributed by atoms with Crippen LogP contribution >= 0.6 is 23.4 Å². The molecule has 2 heterocycles. The molecule has 0 bridgehead atoms. The van der Waals surface area contributed by atoms with E-state index >= 15 is 0 Å². The summed E-state index contributed by atoms with van der Waals surface area (Å²) in [5.74, 6) is -0.238. The SMILES string of the molecule is O=C(NS(=O)(=O)c1ccc(N[C@@H](CSc2ccccc2)C[C@H]2CCCN2CCO)c(S(=O)(=O)C(F)(F)F)c1)c1ccc(N2CCC(Cc3ccccc3-c3ccc(Cl)cc3)CC2)cc1. The normalized spacial score (nSPS) is 17.0. The molecular weight excluding hydrogens is 905 g/mol. The fraction of sp³-hybridized carbons (Fsp3) is 0.340. The molecule has 0 aliphatic carbocycles. The molecule has 0 unspecified atom stereocenters. The fourth-order valence-corrected chi connectivity index (χ4v) is 11.6. The monoisotopic (exact) mass is 954 g/mol. The molecule has 0 aromatic heterocycles. The highest BCUT2D eigenvalue weighted by molar-refractivity contribution is 7.99. The predicted molar refractivity (Wildman–Crippen MR) is 247 cm³/mol. The summed E-state index contributed by atoms with van der Waals surface area (Å²) in [5, 5.41) is 13.3. The summed E-state index contributed by atoms with van der Waals surface area (Å²) >= 11 is 7.55. The van der Waals surface area contributed by atoms with Gasteiger partial charge in [0.25, 0.3) is 25.8 Å². The second kappa shape index (κ2) is 20.7. The molecule has 2 atom stereocenters. The van der Waals surface area contributed by atoms with Crippen molar-refractivity contribution in [2.75, 3.05) is 48.8 Å². The first-order chi connectivity index (χ1) is 30.6. The van der Waals surface area contributed by atoms with Gasteiger partial charge >= 0.3 is 5.51 Å². The average molecular weight is 956 g/mol. The zero-order valence-corrected chi connectivity index (χ0v) is 38.1. The van der Waals surface area contributed by atoms with Crippen LogP contribution in [0.2, 0.25) is 5.02 Å². The van der Waals surface area contributed by atoms with Gasteiger partial charge < -0.3 is 15.3 Å². The number of nitrogens with zero attached hydrogens (tertiary/aromatic N) is 2. The minimum absolute atomic E-state index is 0.0108. The van der Waals surface area contributed by atoms with E-state index in [1.54, 1.807) is 12.1 Å². The van der Waals surface area contributed by atoms with Crippen LogP contribution in [-0.4, -0.2) is 88.9 Å². The molecule has 3 N–H and O–H groups in total. The number of aliphatic hydroxyl groups is 1. The van der Waals surface area contributed by atoms with E-state index in [4.69, 9.17) is 11.6 Å². The number of nitrogens with one attached hydrogen (secondary N) is 2. The molecular formula is C47H50ClF3N4O6S3. The van der Waals surface area contributed by atoms with Crippen molar-refractivity contribution < 1.29 is 39.9 Å². The maximum absolute atomic E-state index is 14.2. The highest BCUT2D eigenvalue weighted by Crippen LogP contribution is 2.38. The Morgan fingerprint density at radius 1 is 0.844 bits per heavy atom. The smallest absolute Gasteiger partial charge is 0.395 e. The molecule has 0 radical (unpaired) electrons. The number of likely N-dealkylation sites (tertiary alicyclic amines) is 1. The van der Waals surface area contributed by atoms with Crippen LogP contribution in [0, 0.1) is 5.92 Å². The maximum atomic E-state index is 14.2. The fourth-order valence-electron chi connectivity index (χ4n) is 8.53. The second-order valence-corrected chi connectivity index (χ2v) is 21.3. The van der Waals surface area contributed by atoms with Gasteiger partial charge in [0.1, 0.15) is 4.90 Å². The number of piperidine rings is 1. The number of thioether (sulfide) groups is 1. The minimum atomic E-state index is -6.08. The predicted octanol–water partition coefficient (Wildman–Crippen LogP) is 9.30. The first kappa shape index (κ1) is 47.4. The summed E-state index contributed by atoms with van der Waals surface area (Å²) in [4.78, 5) is 16.4. The van der Waals surface area contributed by atoms with Crippen molar-refractivity contribution in [2.45, 2.75) is 70.8 Å². The first-order valence-corrected chi connectivity index (χ1v) is 25.4. The Balaban J connectivity index is 1.03. The van der Waals surface area contributed by atoms with Gasteiger partial charge in [-0.3, -0.25) is 9.69 Å². The number of hydrogen-bond donors (Lipinski definition) is 3. The van der Waals surface area contributed by atoms with Crippen LogP contribution in [0.25, 0.3) is 11.1 Å². The quantitative estimate of drug-likeness (QED) is 0.0775. The van der Waals surface area contributed by atoms with Gasteiger partial charge in [0.05, 0.1) is 17.2 Å². The van der Waals surface area contributed by atoms with E-state index in [1.807, 2.05) is 71.5 Å². The van der Waals surface area contributed by atoms with Crippen LogP contribution < -0.4 is 14.9 Å². The summed E-state index contributed by atoms with van der Waals surface area (Å²) in [6.07, 6.45) is 4.85. The van der Waals surface area contributed by atoms with E-state index in [9.17, 15) is 39.9 Å². The van der Waals surface area contributed by atoms with E-state index in [0.29, 0.717) is 35.7 Å². The van der Waals surface area contributed by atoms with Gasteiger partial charge in [-0.2, -0.15) is 13.2 Å². The van der Waals surface area contributed by atoms with Crippen molar-refractivity contribution in [3.05, 3.63) is 137 Å². The van der Waals surface area contributed by atoms with Gasteiger partial charge in [0.2, 0.25) is 0 Å². The summed E-state index contributed by atoms with van der Waals surface area (Å²) in [5.41, 5.74) is -1.79. The van der Waals surface area contributed by atoms with Crippen LogP contribution in [0.3, 0.4) is 0 Å². The third kappa shape index (κ3) is 11.6. The van der Waals surface area contributed by atoms with Crippen LogP contribution in [0.5, 0.6) is 0 Å². The Morgan fingerprint density at radius 3 is 2.22 bits per heavy atom. The largest absolute Gasteiger partial charge is 0.501 e. The third-order valence-electron chi connectivity index (χ3n) is 11.9. The Labute approximate surface area is 382 Å². The number of hydrogen-bond acceptors (Lipinski definition) is 10. The Morgan fingerprint density at radius 2 is 1.53 bits per heavy atom. The zero-order chi connectivity index (χ0) is 45.5. The van der Waals surface area contributed by atoms with E-state index in [1.165, 1.54) is 35.0 Å². The molecule has 5 aromatic carbocycles. The van der Waals surface area contributed by atoms with Crippen LogP contribution in [0.1, 0.15) is 48.0 Å². The molecule has 64 heavy (non-hydrogen) atoms. The van der Waals surface area contributed by atoms with Crippen molar-refractivity contribution in [3.8, 4) is 11.1 Å². The number of aliphatic hydroxyl groups excluding tert-OH is 1. The van der Waals surface area contributed by atoms with Crippen LogP contribution in [-0.2, 0) is 26.3 Å². The molecule has 0 saturated carbocycles. The molecule has 7 rings (SSSR count). The molecule has 2 fully saturated rings. The Kier molecular flexibility index (Phi) is 15.3. The van der Waals surface area contributed by atoms with Gasteiger partial charge in [-0.05, 0) is 134 Å². The lowest BCUT2D eigenvalue weighted by Crippen LogP contribution is -2.38. The summed E-state index contributed by atoms with van der Waals surface area (Å²) in [6.45, 7) is 2.64. The number of sulfonamides is 1. The molecule has 5 aromatic rings. The van der Waals surface area contributed by atoms with Gasteiger partial charge in [-0.15, -0.1) is 11.8 Å². The third-order valence-corrected chi connectivity index (χ3v) is 16.2. The van der Waals surface area contributed by atoms with Gasteiger partial charge in [-0.25, -0.2) is 21.6 Å². The van der Waals surface area contributed by atoms with Crippen molar-refractivity contribution in [1.29, 1.82) is 0 Å². The summed E-state index contributed by atoms with van der Waals surface area (Å²) < 4.78 is 97.9. The number of anilines is 2. The first-order valence-electron chi connectivity index (χ1n) is 21.1. The van der Waals surface area contributed by atoms with Gasteiger partial charge in [-0.1, -0.05) is 66.2 Å². The Hall–Kier alpha value is -4.58. The van der Waals surface area contributed by atoms with Crippen molar-refractivity contribution in [3.63, 3.8) is 0 Å². The number of β-amino-alcohol motifs (C(OH)–C–C–N with tert-alkyl or cyclic N) is 1. The number of benzene rings is 5. The Bertz CT molecular complexity index is 2600. The molecule has 2 aliphatic rings. The molecule has 0 spiro atoms. The van der Waals surface area contributed by atoms with E-state index in [0.717, 1.165) is 80.0 Å². The highest BCUT2D eigenvalue weighted by Gasteiger charge is 2.48. The maximum Gasteiger partial charge on any atom is 0.501 e. The molecule has 17 heteroatoms. The van der Waals surface area contributed by atoms with Crippen LogP contribution in [0.4, 0.5) is 24.5 Å². The number of carbonyl (C=O) groups excluding carboxylic acids is 1. The van der Waals surface area contributed by atoms with Crippen molar-refractivity contribution in [1.82, 2.24) is 9.62 Å². The summed E-state index contributed by atoms with van der Waals surface area (Å²) in [7, 11) is -10.9. The lowest BCUT2D eigenvalue weighted by atomic mass is 9.87. The number of carbonyl (C=O) groups is 1. The standard InChI is InChI=1S/C47H50ClF3N4O6S3/c48-37-16-12-34(13-17-37)43-11-5-4-7-36(43)29-33-22-25-55(26-23-33)39-18-14-35(15-19-39)46(57)53-64(60,61)42-20-21-44(45(31-42)63(58,59)47(49,50)51)52-38(32-62-41-9-2-1-3-10-41)30-40-8-6-24-54(40)27-28-56/h1-5,7,9-21,31,33,38,40,52,56H,6,8,22-30,32H2,(H,53,57)/t38-,40-/m1/s1. The molecule has 2 aliphatic heterocycles. The lowest BCUT2D eigenvalue weighted by molar-refractivity contribution is -0.0435. The number of amides is 1. The van der Waals surface area contributed by atoms with E-state index in [-0.39, 0.29) is 18.2 Å². The number of rotatable bonds is 17. The number of alkyl halides is 3. The molecule has 10 nitrogen and oxygen atoms in total. The van der Waals surface area contributed by atoms with Crippen LogP contribution in [0.15, 0.2) is 136 Å². The van der Waals surface area contributed by atoms with Gasteiger partial charge in [0.15, 0.2) is 0 Å². The molecule has 340 valence electrons. The molecule has 1 amide bonds.